The predicted molar refractivity (Wildman–Crippen MR) is 105 cm³/mol. The van der Waals surface area contributed by atoms with Crippen LogP contribution in [0.2, 0.25) is 0 Å². The number of benzene rings is 2. The quantitative estimate of drug-likeness (QED) is 0.661. The van der Waals surface area contributed by atoms with Gasteiger partial charge in [0.1, 0.15) is 11.4 Å². The molecule has 0 unspecified atom stereocenters. The van der Waals surface area contributed by atoms with E-state index in [0.717, 1.165) is 0 Å². The summed E-state index contributed by atoms with van der Waals surface area (Å²) in [5, 5.41) is 2.63. The Morgan fingerprint density at radius 3 is 2.61 bits per heavy atom. The molecule has 0 saturated carbocycles. The molecule has 0 fully saturated rings. The van der Waals surface area contributed by atoms with Gasteiger partial charge in [-0.2, -0.15) is 0 Å². The molecule has 0 spiro atoms. The molecule has 9 heteroatoms. The van der Waals surface area contributed by atoms with Crippen molar-refractivity contribution in [2.24, 2.45) is 0 Å². The molecule has 144 valence electrons. The molecular formula is C19H18N4O4S. The van der Waals surface area contributed by atoms with Crippen molar-refractivity contribution < 1.29 is 17.9 Å². The van der Waals surface area contributed by atoms with E-state index in [2.05, 4.69) is 20.0 Å². The zero-order valence-corrected chi connectivity index (χ0v) is 16.0. The number of methoxy groups -OCH3 is 1. The van der Waals surface area contributed by atoms with E-state index in [1.165, 1.54) is 31.8 Å². The van der Waals surface area contributed by atoms with Gasteiger partial charge in [0.2, 0.25) is 0 Å². The lowest BCUT2D eigenvalue weighted by Gasteiger charge is -2.14. The molecule has 1 heterocycles. The average Bonchev–Trinajstić information content (AvgIpc) is 2.70. The van der Waals surface area contributed by atoms with Crippen LogP contribution in [0.3, 0.4) is 0 Å². The Morgan fingerprint density at radius 1 is 1.11 bits per heavy atom. The molecule has 0 radical (unpaired) electrons. The average molecular weight is 398 g/mol. The van der Waals surface area contributed by atoms with Crippen molar-refractivity contribution in [1.29, 1.82) is 0 Å². The van der Waals surface area contributed by atoms with Gasteiger partial charge in [0.15, 0.2) is 0 Å². The third-order valence-corrected chi connectivity index (χ3v) is 5.39. The van der Waals surface area contributed by atoms with E-state index in [1.807, 2.05) is 0 Å². The zero-order chi connectivity index (χ0) is 20.1. The number of ether oxygens (including phenoxy) is 1. The van der Waals surface area contributed by atoms with E-state index in [-0.39, 0.29) is 10.6 Å². The number of amides is 1. The number of aryl methyl sites for hydroxylation is 1. The third kappa shape index (κ3) is 4.26. The van der Waals surface area contributed by atoms with Crippen LogP contribution in [0.5, 0.6) is 5.75 Å². The topological polar surface area (TPSA) is 110 Å². The van der Waals surface area contributed by atoms with Gasteiger partial charge in [0.25, 0.3) is 15.9 Å². The lowest BCUT2D eigenvalue weighted by molar-refractivity contribution is 0.102. The van der Waals surface area contributed by atoms with E-state index < -0.39 is 15.9 Å². The summed E-state index contributed by atoms with van der Waals surface area (Å²) < 4.78 is 33.5. The van der Waals surface area contributed by atoms with E-state index in [1.54, 1.807) is 43.3 Å². The van der Waals surface area contributed by atoms with Gasteiger partial charge in [-0.15, -0.1) is 0 Å². The first-order valence-electron chi connectivity index (χ1n) is 8.24. The van der Waals surface area contributed by atoms with Crippen LogP contribution in [0, 0.1) is 6.92 Å². The van der Waals surface area contributed by atoms with Crippen LogP contribution in [0.4, 0.5) is 11.4 Å². The van der Waals surface area contributed by atoms with Crippen LogP contribution in [-0.2, 0) is 10.0 Å². The molecule has 1 amide bonds. The lowest BCUT2D eigenvalue weighted by Crippen LogP contribution is -2.17. The van der Waals surface area contributed by atoms with Crippen molar-refractivity contribution in [1.82, 2.24) is 9.97 Å². The molecule has 0 atom stereocenters. The van der Waals surface area contributed by atoms with Crippen molar-refractivity contribution in [3.05, 3.63) is 72.3 Å². The van der Waals surface area contributed by atoms with Crippen molar-refractivity contribution in [2.75, 3.05) is 17.1 Å². The van der Waals surface area contributed by atoms with Gasteiger partial charge in [0, 0.05) is 18.1 Å². The molecule has 0 aliphatic heterocycles. The van der Waals surface area contributed by atoms with Crippen LogP contribution >= 0.6 is 0 Å². The molecule has 28 heavy (non-hydrogen) atoms. The van der Waals surface area contributed by atoms with E-state index in [0.29, 0.717) is 22.7 Å². The number of rotatable bonds is 6. The summed E-state index contributed by atoms with van der Waals surface area (Å²) in [4.78, 5) is 20.0. The summed E-state index contributed by atoms with van der Waals surface area (Å²) in [6.07, 6.45) is 4.18. The first-order chi connectivity index (χ1) is 13.4. The number of hydrogen-bond acceptors (Lipinski definition) is 6. The van der Waals surface area contributed by atoms with Crippen molar-refractivity contribution in [3.63, 3.8) is 0 Å². The molecule has 0 aliphatic carbocycles. The Kier molecular flexibility index (Phi) is 5.55. The number of para-hydroxylation sites is 2. The largest absolute Gasteiger partial charge is 0.495 e. The maximum atomic E-state index is 12.9. The normalized spacial score (nSPS) is 10.9. The summed E-state index contributed by atoms with van der Waals surface area (Å²) in [5.74, 6) is -0.0890. The van der Waals surface area contributed by atoms with Gasteiger partial charge in [-0.25, -0.2) is 13.4 Å². The fourth-order valence-electron chi connectivity index (χ4n) is 2.51. The van der Waals surface area contributed by atoms with Crippen molar-refractivity contribution in [2.45, 2.75) is 11.8 Å². The summed E-state index contributed by atoms with van der Waals surface area (Å²) in [5.41, 5.74) is 1.29. The molecule has 0 aliphatic rings. The monoisotopic (exact) mass is 398 g/mol. The smallest absolute Gasteiger partial charge is 0.275 e. The molecule has 0 saturated heterocycles. The fraction of sp³-hybridized carbons (Fsp3) is 0.105. The Labute approximate surface area is 162 Å². The Morgan fingerprint density at radius 2 is 1.89 bits per heavy atom. The second kappa shape index (κ2) is 8.05. The van der Waals surface area contributed by atoms with Gasteiger partial charge in [-0.3, -0.25) is 14.5 Å². The minimum absolute atomic E-state index is 0.0374. The Hall–Kier alpha value is -3.46. The van der Waals surface area contributed by atoms with Crippen LogP contribution in [0.25, 0.3) is 0 Å². The summed E-state index contributed by atoms with van der Waals surface area (Å²) >= 11 is 0. The summed E-state index contributed by atoms with van der Waals surface area (Å²) in [7, 11) is -2.45. The van der Waals surface area contributed by atoms with Crippen molar-refractivity contribution >= 4 is 27.3 Å². The highest BCUT2D eigenvalue weighted by Gasteiger charge is 2.20. The molecule has 2 N–H and O–H groups in total. The second-order valence-corrected chi connectivity index (χ2v) is 7.48. The SMILES string of the molecule is COc1ccccc1NS(=O)(=O)c1cc(NC(=O)c2cnccn2)ccc1C. The number of nitrogens with one attached hydrogen (secondary N) is 2. The molecular weight excluding hydrogens is 380 g/mol. The highest BCUT2D eigenvalue weighted by atomic mass is 32.2. The highest BCUT2D eigenvalue weighted by molar-refractivity contribution is 7.92. The highest BCUT2D eigenvalue weighted by Crippen LogP contribution is 2.28. The summed E-state index contributed by atoms with van der Waals surface area (Å²) in [6, 6.07) is 11.3. The number of aromatic nitrogens is 2. The van der Waals surface area contributed by atoms with Crippen LogP contribution in [-0.4, -0.2) is 31.4 Å². The van der Waals surface area contributed by atoms with E-state index in [4.69, 9.17) is 4.74 Å². The van der Waals surface area contributed by atoms with E-state index in [9.17, 15) is 13.2 Å². The van der Waals surface area contributed by atoms with Gasteiger partial charge in [-0.05, 0) is 36.8 Å². The minimum Gasteiger partial charge on any atom is -0.495 e. The lowest BCUT2D eigenvalue weighted by atomic mass is 10.2. The molecule has 8 nitrogen and oxygen atoms in total. The predicted octanol–water partition coefficient (Wildman–Crippen LogP) is 2.85. The second-order valence-electron chi connectivity index (χ2n) is 5.83. The maximum absolute atomic E-state index is 12.9. The number of nitrogens with zero attached hydrogens (tertiary/aromatic N) is 2. The number of anilines is 2. The molecule has 2 aromatic carbocycles. The van der Waals surface area contributed by atoms with Crippen LogP contribution in [0.1, 0.15) is 16.1 Å². The van der Waals surface area contributed by atoms with Gasteiger partial charge < -0.3 is 10.1 Å². The molecule has 1 aromatic heterocycles. The number of sulfonamides is 1. The first kappa shape index (κ1) is 19.3. The minimum atomic E-state index is -3.91. The Balaban J connectivity index is 1.89. The fourth-order valence-corrected chi connectivity index (χ4v) is 3.85. The molecule has 3 rings (SSSR count). The van der Waals surface area contributed by atoms with E-state index >= 15 is 0 Å². The number of carbonyl (C=O) groups excluding carboxylic acids is 1. The number of carbonyl (C=O) groups is 1. The molecule has 0 bridgehead atoms. The van der Waals surface area contributed by atoms with Crippen LogP contribution in [0.15, 0.2) is 66.0 Å². The summed E-state index contributed by atoms with van der Waals surface area (Å²) in [6.45, 7) is 1.67. The van der Waals surface area contributed by atoms with Gasteiger partial charge in [0.05, 0.1) is 23.9 Å². The third-order valence-electron chi connectivity index (χ3n) is 3.88. The maximum Gasteiger partial charge on any atom is 0.275 e. The molecule has 3 aromatic rings. The Bertz CT molecular complexity index is 1100. The zero-order valence-electron chi connectivity index (χ0n) is 15.2. The van der Waals surface area contributed by atoms with Crippen LogP contribution < -0.4 is 14.8 Å². The first-order valence-corrected chi connectivity index (χ1v) is 9.73. The van der Waals surface area contributed by atoms with Crippen molar-refractivity contribution in [3.8, 4) is 5.75 Å². The standard InChI is InChI=1S/C19H18N4O4S/c1-13-7-8-14(22-19(24)16-12-20-9-10-21-16)11-18(13)28(25,26)23-15-5-3-4-6-17(15)27-2/h3-12,23H,1-2H3,(H,22,24). The van der Waals surface area contributed by atoms with Gasteiger partial charge >= 0.3 is 0 Å². The number of hydrogen-bond donors (Lipinski definition) is 2. The van der Waals surface area contributed by atoms with Gasteiger partial charge in [-0.1, -0.05) is 18.2 Å².